The molecule has 0 spiro atoms. The third kappa shape index (κ3) is 5.79. The predicted octanol–water partition coefficient (Wildman–Crippen LogP) is 1.93. The molecule has 0 saturated carbocycles. The number of hydrogen-bond donors (Lipinski definition) is 3. The van der Waals surface area contributed by atoms with E-state index in [9.17, 15) is 9.90 Å². The van der Waals surface area contributed by atoms with E-state index in [1.165, 1.54) is 6.33 Å². The number of benzene rings is 1. The highest BCUT2D eigenvalue weighted by Gasteiger charge is 2.14. The second-order valence-corrected chi connectivity index (χ2v) is 7.47. The molecular weight excluding hydrogens is 392 g/mol. The van der Waals surface area contributed by atoms with Gasteiger partial charge in [-0.25, -0.2) is 9.97 Å². The average molecular weight is 416 g/mol. The zero-order chi connectivity index (χ0) is 21.5. The number of hydrogen-bond acceptors (Lipinski definition) is 6. The molecule has 158 valence electrons. The zero-order valence-corrected chi connectivity index (χ0v) is 17.1. The Kier molecular flexibility index (Phi) is 6.72. The largest absolute Gasteiger partial charge is 0.502 e. The molecule has 0 amide bonds. The number of nitrogens with one attached hydrogen (secondary N) is 2. The van der Waals surface area contributed by atoms with Crippen LogP contribution in [-0.4, -0.2) is 39.3 Å². The van der Waals surface area contributed by atoms with Gasteiger partial charge in [-0.15, -0.1) is 0 Å². The molecule has 1 aromatic carbocycles. The Morgan fingerprint density at radius 2 is 1.94 bits per heavy atom. The minimum absolute atomic E-state index is 0.313. The second kappa shape index (κ2) is 10.0. The number of aromatic hydroxyl groups is 1. The Bertz CT molecular complexity index is 1120. The molecule has 3 heterocycles. The molecule has 1 saturated heterocycles. The molecule has 3 N–H and O–H groups in total. The van der Waals surface area contributed by atoms with E-state index in [0.717, 1.165) is 48.6 Å². The molecule has 7 heteroatoms. The number of rotatable bonds is 6. The number of pyridine rings is 1. The van der Waals surface area contributed by atoms with Crippen molar-refractivity contribution in [2.24, 2.45) is 0 Å². The third-order valence-corrected chi connectivity index (χ3v) is 5.19. The fourth-order valence-corrected chi connectivity index (χ4v) is 3.33. The van der Waals surface area contributed by atoms with Crippen LogP contribution in [0, 0.1) is 11.8 Å². The van der Waals surface area contributed by atoms with Crippen molar-refractivity contribution < 1.29 is 9.84 Å². The topological polar surface area (TPSA) is 100 Å². The molecule has 31 heavy (non-hydrogen) atoms. The van der Waals surface area contributed by atoms with E-state index >= 15 is 0 Å². The summed E-state index contributed by atoms with van der Waals surface area (Å²) in [5.41, 5.74) is 3.71. The van der Waals surface area contributed by atoms with Gasteiger partial charge in [-0.1, -0.05) is 24.1 Å². The van der Waals surface area contributed by atoms with Crippen LogP contribution in [0.2, 0.25) is 0 Å². The Morgan fingerprint density at radius 1 is 1.10 bits per heavy atom. The van der Waals surface area contributed by atoms with Crippen LogP contribution in [-0.2, 0) is 24.1 Å². The molecular formula is C24H24N4O3. The van der Waals surface area contributed by atoms with Crippen LogP contribution in [0.1, 0.15) is 34.5 Å². The van der Waals surface area contributed by atoms with Crippen LogP contribution in [0.5, 0.6) is 5.75 Å². The molecule has 3 aromatic rings. The highest BCUT2D eigenvalue weighted by Crippen LogP contribution is 2.12. The first-order valence-corrected chi connectivity index (χ1v) is 10.3. The highest BCUT2D eigenvalue weighted by atomic mass is 16.5. The van der Waals surface area contributed by atoms with Gasteiger partial charge in [0.25, 0.3) is 5.56 Å². The van der Waals surface area contributed by atoms with Gasteiger partial charge in [0.2, 0.25) is 5.75 Å². The van der Waals surface area contributed by atoms with Crippen LogP contribution in [0.3, 0.4) is 0 Å². The van der Waals surface area contributed by atoms with Crippen molar-refractivity contribution >= 4 is 0 Å². The van der Waals surface area contributed by atoms with Gasteiger partial charge in [-0.3, -0.25) is 4.79 Å². The van der Waals surface area contributed by atoms with Crippen molar-refractivity contribution in [2.75, 3.05) is 13.2 Å². The summed E-state index contributed by atoms with van der Waals surface area (Å²) in [6.45, 7) is 2.39. The SMILES string of the molecule is O=c1[nH]cnc(CCc2ccc(C#Cc3ccc(CNC4CCOC4)cn3)cc2)c1O. The lowest BCUT2D eigenvalue weighted by atomic mass is 10.1. The van der Waals surface area contributed by atoms with E-state index in [-0.39, 0.29) is 5.75 Å². The molecule has 0 bridgehead atoms. The van der Waals surface area contributed by atoms with E-state index in [0.29, 0.717) is 24.6 Å². The van der Waals surface area contributed by atoms with Gasteiger partial charge in [-0.05, 0) is 54.5 Å². The van der Waals surface area contributed by atoms with Gasteiger partial charge >= 0.3 is 0 Å². The maximum absolute atomic E-state index is 11.4. The summed E-state index contributed by atoms with van der Waals surface area (Å²) < 4.78 is 5.37. The van der Waals surface area contributed by atoms with Crippen molar-refractivity contribution in [3.8, 4) is 17.6 Å². The maximum atomic E-state index is 11.4. The monoisotopic (exact) mass is 416 g/mol. The lowest BCUT2D eigenvalue weighted by molar-refractivity contribution is 0.190. The van der Waals surface area contributed by atoms with Crippen LogP contribution >= 0.6 is 0 Å². The number of aromatic amines is 1. The molecule has 1 unspecified atom stereocenters. The third-order valence-electron chi connectivity index (χ3n) is 5.19. The van der Waals surface area contributed by atoms with Crippen molar-refractivity contribution in [3.05, 3.63) is 87.4 Å². The van der Waals surface area contributed by atoms with E-state index in [2.05, 4.69) is 32.1 Å². The average Bonchev–Trinajstić information content (AvgIpc) is 3.32. The first kappa shape index (κ1) is 20.8. The maximum Gasteiger partial charge on any atom is 0.293 e. The van der Waals surface area contributed by atoms with Crippen molar-refractivity contribution in [1.82, 2.24) is 20.3 Å². The molecule has 2 aromatic heterocycles. The zero-order valence-electron chi connectivity index (χ0n) is 17.1. The van der Waals surface area contributed by atoms with Crippen molar-refractivity contribution in [2.45, 2.75) is 31.8 Å². The summed E-state index contributed by atoms with van der Waals surface area (Å²) in [5, 5.41) is 13.2. The highest BCUT2D eigenvalue weighted by molar-refractivity contribution is 5.41. The van der Waals surface area contributed by atoms with Crippen molar-refractivity contribution in [3.63, 3.8) is 0 Å². The molecule has 1 atom stereocenters. The second-order valence-electron chi connectivity index (χ2n) is 7.47. The smallest absolute Gasteiger partial charge is 0.293 e. The number of ether oxygens (including phenoxy) is 1. The summed E-state index contributed by atoms with van der Waals surface area (Å²) in [4.78, 5) is 22.2. The standard InChI is InChI=1S/C24H24N4O3/c29-23-22(27-16-28-24(23)30)10-7-18-3-1-17(2-4-18)5-8-20-9-6-19(13-25-20)14-26-21-11-12-31-15-21/h1-4,6,9,13,16,21,26,29H,7,10-12,14-15H2,(H,27,28,30). The normalized spacial score (nSPS) is 15.4. The van der Waals surface area contributed by atoms with Gasteiger partial charge in [-0.2, -0.15) is 0 Å². The summed E-state index contributed by atoms with van der Waals surface area (Å²) >= 11 is 0. The van der Waals surface area contributed by atoms with E-state index < -0.39 is 5.56 Å². The number of nitrogens with zero attached hydrogens (tertiary/aromatic N) is 2. The summed E-state index contributed by atoms with van der Waals surface area (Å²) in [6.07, 6.45) is 5.37. The molecule has 0 aliphatic carbocycles. The van der Waals surface area contributed by atoms with E-state index in [4.69, 9.17) is 4.74 Å². The minimum atomic E-state index is -0.517. The summed E-state index contributed by atoms with van der Waals surface area (Å²) in [5.74, 6) is 5.91. The van der Waals surface area contributed by atoms with Crippen LogP contribution < -0.4 is 10.9 Å². The predicted molar refractivity (Wildman–Crippen MR) is 117 cm³/mol. The van der Waals surface area contributed by atoms with Crippen LogP contribution in [0.4, 0.5) is 0 Å². The molecule has 0 radical (unpaired) electrons. The van der Waals surface area contributed by atoms with Gasteiger partial charge in [0.15, 0.2) is 0 Å². The van der Waals surface area contributed by atoms with Crippen molar-refractivity contribution in [1.29, 1.82) is 0 Å². The first-order valence-electron chi connectivity index (χ1n) is 10.3. The lowest BCUT2D eigenvalue weighted by Crippen LogP contribution is -2.28. The molecule has 1 aliphatic rings. The fraction of sp³-hybridized carbons (Fsp3) is 0.292. The minimum Gasteiger partial charge on any atom is -0.502 e. The number of aromatic nitrogens is 3. The quantitative estimate of drug-likeness (QED) is 0.531. The van der Waals surface area contributed by atoms with Gasteiger partial charge in [0, 0.05) is 31.0 Å². The van der Waals surface area contributed by atoms with Crippen LogP contribution in [0.15, 0.2) is 53.7 Å². The molecule has 4 rings (SSSR count). The Hall–Kier alpha value is -3.47. The van der Waals surface area contributed by atoms with E-state index in [1.807, 2.05) is 42.6 Å². The molecule has 1 fully saturated rings. The molecule has 7 nitrogen and oxygen atoms in total. The van der Waals surface area contributed by atoms with Gasteiger partial charge in [0.1, 0.15) is 5.69 Å². The number of H-pyrrole nitrogens is 1. The Labute approximate surface area is 180 Å². The van der Waals surface area contributed by atoms with Gasteiger partial charge < -0.3 is 20.1 Å². The Morgan fingerprint density at radius 3 is 2.68 bits per heavy atom. The summed E-state index contributed by atoms with van der Waals surface area (Å²) in [6, 6.07) is 12.3. The fourth-order valence-electron chi connectivity index (χ4n) is 3.33. The lowest BCUT2D eigenvalue weighted by Gasteiger charge is -2.09. The Balaban J connectivity index is 1.30. The number of aryl methyl sites for hydroxylation is 2. The van der Waals surface area contributed by atoms with Crippen LogP contribution in [0.25, 0.3) is 0 Å². The summed E-state index contributed by atoms with van der Waals surface area (Å²) in [7, 11) is 0. The van der Waals surface area contributed by atoms with E-state index in [1.54, 1.807) is 0 Å². The molecule has 1 aliphatic heterocycles. The van der Waals surface area contributed by atoms with Gasteiger partial charge in [0.05, 0.1) is 18.6 Å². The first-order chi connectivity index (χ1) is 15.2.